The van der Waals surface area contributed by atoms with Crippen LogP contribution >= 0.6 is 23.2 Å². The molecule has 2 fully saturated rings. The van der Waals surface area contributed by atoms with E-state index in [1.54, 1.807) is 0 Å². The summed E-state index contributed by atoms with van der Waals surface area (Å²) in [6.07, 6.45) is 1.49. The van der Waals surface area contributed by atoms with Gasteiger partial charge in [-0.25, -0.2) is 0 Å². The lowest BCUT2D eigenvalue weighted by Gasteiger charge is -2.40. The van der Waals surface area contributed by atoms with Gasteiger partial charge in [0.05, 0.1) is 33.4 Å². The van der Waals surface area contributed by atoms with Crippen molar-refractivity contribution in [2.75, 3.05) is 49.1 Å². The molecule has 2 atom stereocenters. The Morgan fingerprint density at radius 2 is 1.74 bits per heavy atom. The van der Waals surface area contributed by atoms with Gasteiger partial charge in [-0.3, -0.25) is 9.88 Å². The molecule has 31 heavy (non-hydrogen) atoms. The minimum absolute atomic E-state index is 0.116. The van der Waals surface area contributed by atoms with Gasteiger partial charge in [0.15, 0.2) is 0 Å². The molecule has 0 spiro atoms. The summed E-state index contributed by atoms with van der Waals surface area (Å²) in [6.45, 7) is 7.02. The Morgan fingerprint density at radius 3 is 2.55 bits per heavy atom. The SMILES string of the molecule is Cc1ccc2c(N3C[C@H](O)[C@@H](N4CCN(c5cccc(Cl)c5Cl)CC4)C3)ccnc2c1. The van der Waals surface area contributed by atoms with Crippen molar-refractivity contribution in [3.8, 4) is 0 Å². The number of nitrogens with zero attached hydrogens (tertiary/aromatic N) is 4. The third-order valence-corrected chi connectivity index (χ3v) is 7.34. The van der Waals surface area contributed by atoms with Crippen LogP contribution in [-0.2, 0) is 0 Å². The van der Waals surface area contributed by atoms with E-state index in [0.29, 0.717) is 16.6 Å². The number of aryl methyl sites for hydroxylation is 1. The Bertz CT molecular complexity index is 1100. The predicted molar refractivity (Wildman–Crippen MR) is 129 cm³/mol. The summed E-state index contributed by atoms with van der Waals surface area (Å²) in [5.74, 6) is 0. The van der Waals surface area contributed by atoms with E-state index in [1.807, 2.05) is 24.4 Å². The van der Waals surface area contributed by atoms with Crippen LogP contribution in [0.1, 0.15) is 5.56 Å². The third-order valence-electron chi connectivity index (χ3n) is 6.53. The molecule has 5 rings (SSSR count). The van der Waals surface area contributed by atoms with Crippen LogP contribution in [0.25, 0.3) is 10.9 Å². The van der Waals surface area contributed by atoms with Crippen molar-refractivity contribution in [1.82, 2.24) is 9.88 Å². The van der Waals surface area contributed by atoms with E-state index >= 15 is 0 Å². The van der Waals surface area contributed by atoms with E-state index in [0.717, 1.165) is 55.0 Å². The first kappa shape index (κ1) is 20.8. The number of hydrogen-bond donors (Lipinski definition) is 1. The molecule has 162 valence electrons. The van der Waals surface area contributed by atoms with E-state index in [2.05, 4.69) is 50.9 Å². The largest absolute Gasteiger partial charge is 0.390 e. The standard InChI is InChI=1S/C24H26Cl2N4O/c1-16-5-6-17-19(13-16)27-8-7-20(17)30-14-22(23(31)15-30)29-11-9-28(10-12-29)21-4-2-3-18(25)24(21)26/h2-8,13,22-23,31H,9-12,14-15H2,1H3/t22-,23-/m0/s1. The summed E-state index contributed by atoms with van der Waals surface area (Å²) >= 11 is 12.6. The molecule has 3 aromatic rings. The lowest BCUT2D eigenvalue weighted by Crippen LogP contribution is -2.53. The summed E-state index contributed by atoms with van der Waals surface area (Å²) in [5, 5.41) is 13.2. The number of benzene rings is 2. The van der Waals surface area contributed by atoms with Gasteiger partial charge in [-0.2, -0.15) is 0 Å². The van der Waals surface area contributed by atoms with Crippen LogP contribution in [0.2, 0.25) is 10.0 Å². The van der Waals surface area contributed by atoms with Crippen molar-refractivity contribution in [2.24, 2.45) is 0 Å². The molecular formula is C24H26Cl2N4O. The van der Waals surface area contributed by atoms with Crippen molar-refractivity contribution < 1.29 is 5.11 Å². The van der Waals surface area contributed by atoms with E-state index in [9.17, 15) is 5.11 Å². The highest BCUT2D eigenvalue weighted by atomic mass is 35.5. The maximum absolute atomic E-state index is 10.9. The molecule has 0 radical (unpaired) electrons. The third kappa shape index (κ3) is 3.96. The molecule has 0 saturated carbocycles. The molecule has 0 unspecified atom stereocenters. The zero-order valence-electron chi connectivity index (χ0n) is 17.5. The summed E-state index contributed by atoms with van der Waals surface area (Å²) in [4.78, 5) is 11.5. The van der Waals surface area contributed by atoms with Gasteiger partial charge < -0.3 is 14.9 Å². The van der Waals surface area contributed by atoms with Crippen molar-refractivity contribution in [3.05, 3.63) is 64.3 Å². The Labute approximate surface area is 192 Å². The first-order valence-electron chi connectivity index (χ1n) is 10.7. The van der Waals surface area contributed by atoms with E-state index in [1.165, 1.54) is 5.56 Å². The Hall–Kier alpha value is -2.05. The highest BCUT2D eigenvalue weighted by molar-refractivity contribution is 6.43. The second kappa shape index (κ2) is 8.47. The highest BCUT2D eigenvalue weighted by Gasteiger charge is 2.37. The quantitative estimate of drug-likeness (QED) is 0.638. The van der Waals surface area contributed by atoms with Gasteiger partial charge >= 0.3 is 0 Å². The average molecular weight is 457 g/mol. The molecule has 2 aliphatic rings. The van der Waals surface area contributed by atoms with Gasteiger partial charge in [0.1, 0.15) is 0 Å². The number of rotatable bonds is 3. The van der Waals surface area contributed by atoms with Gasteiger partial charge in [0.25, 0.3) is 0 Å². The Morgan fingerprint density at radius 1 is 0.935 bits per heavy atom. The topological polar surface area (TPSA) is 42.8 Å². The zero-order valence-corrected chi connectivity index (χ0v) is 19.0. The van der Waals surface area contributed by atoms with Gasteiger partial charge in [0, 0.05) is 56.5 Å². The second-order valence-corrected chi connectivity index (χ2v) is 9.27. The van der Waals surface area contributed by atoms with Crippen LogP contribution in [-0.4, -0.2) is 66.4 Å². The number of pyridine rings is 1. The van der Waals surface area contributed by atoms with Gasteiger partial charge in [0.2, 0.25) is 0 Å². The first-order chi connectivity index (χ1) is 15.0. The van der Waals surface area contributed by atoms with Crippen LogP contribution in [0.3, 0.4) is 0 Å². The van der Waals surface area contributed by atoms with Gasteiger partial charge in [-0.15, -0.1) is 0 Å². The number of aliphatic hydroxyl groups excluding tert-OH is 1. The maximum atomic E-state index is 10.9. The molecule has 2 saturated heterocycles. The van der Waals surface area contributed by atoms with E-state index in [4.69, 9.17) is 23.2 Å². The summed E-state index contributed by atoms with van der Waals surface area (Å²) < 4.78 is 0. The van der Waals surface area contributed by atoms with Crippen molar-refractivity contribution in [1.29, 1.82) is 0 Å². The molecule has 0 amide bonds. The first-order valence-corrected chi connectivity index (χ1v) is 11.5. The number of hydrogen-bond acceptors (Lipinski definition) is 5. The van der Waals surface area contributed by atoms with Crippen LogP contribution < -0.4 is 9.80 Å². The Balaban J connectivity index is 1.29. The van der Waals surface area contributed by atoms with Crippen molar-refractivity contribution in [2.45, 2.75) is 19.1 Å². The second-order valence-electron chi connectivity index (χ2n) is 8.49. The summed E-state index contributed by atoms with van der Waals surface area (Å²) in [7, 11) is 0. The fourth-order valence-corrected chi connectivity index (χ4v) is 5.29. The number of anilines is 2. The van der Waals surface area contributed by atoms with E-state index < -0.39 is 0 Å². The molecule has 3 heterocycles. The number of aromatic nitrogens is 1. The molecular weight excluding hydrogens is 431 g/mol. The molecule has 0 bridgehead atoms. The number of halogens is 2. The maximum Gasteiger partial charge on any atom is 0.0887 e. The molecule has 1 N–H and O–H groups in total. The molecule has 2 aromatic carbocycles. The fourth-order valence-electron chi connectivity index (χ4n) is 4.87. The molecule has 7 heteroatoms. The fraction of sp³-hybridized carbons (Fsp3) is 0.375. The highest BCUT2D eigenvalue weighted by Crippen LogP contribution is 2.34. The normalized spacial score (nSPS) is 22.5. The lowest BCUT2D eigenvalue weighted by molar-refractivity contribution is 0.0793. The summed E-state index contributed by atoms with van der Waals surface area (Å²) in [5.41, 5.74) is 4.34. The number of β-amino-alcohol motifs (C(OH)–C–C–N with tert-alkyl or cyclic N) is 1. The van der Waals surface area contributed by atoms with E-state index in [-0.39, 0.29) is 12.1 Å². The van der Waals surface area contributed by atoms with Crippen LogP contribution in [0.4, 0.5) is 11.4 Å². The summed E-state index contributed by atoms with van der Waals surface area (Å²) in [6, 6.07) is 14.3. The zero-order chi connectivity index (χ0) is 21.5. The monoisotopic (exact) mass is 456 g/mol. The van der Waals surface area contributed by atoms with Crippen molar-refractivity contribution in [3.63, 3.8) is 0 Å². The lowest BCUT2D eigenvalue weighted by atomic mass is 10.1. The van der Waals surface area contributed by atoms with Gasteiger partial charge in [-0.1, -0.05) is 41.4 Å². The van der Waals surface area contributed by atoms with Crippen LogP contribution in [0, 0.1) is 6.92 Å². The molecule has 0 aliphatic carbocycles. The van der Waals surface area contributed by atoms with Crippen LogP contribution in [0.5, 0.6) is 0 Å². The molecule has 1 aromatic heterocycles. The van der Waals surface area contributed by atoms with Crippen molar-refractivity contribution >= 4 is 45.5 Å². The Kier molecular flexibility index (Phi) is 5.69. The van der Waals surface area contributed by atoms with Gasteiger partial charge in [-0.05, 0) is 36.8 Å². The number of fused-ring (bicyclic) bond motifs is 1. The minimum Gasteiger partial charge on any atom is -0.390 e. The van der Waals surface area contributed by atoms with Crippen LogP contribution in [0.15, 0.2) is 48.7 Å². The average Bonchev–Trinajstić information content (AvgIpc) is 3.16. The minimum atomic E-state index is -0.380. The predicted octanol–water partition coefficient (Wildman–Crippen LogP) is 4.22. The molecule has 5 nitrogen and oxygen atoms in total. The smallest absolute Gasteiger partial charge is 0.0887 e. The number of aliphatic hydroxyl groups is 1. The molecule has 2 aliphatic heterocycles. The number of piperazine rings is 1.